The maximum absolute atomic E-state index is 5.48. The quantitative estimate of drug-likeness (QED) is 0.806. The summed E-state index contributed by atoms with van der Waals surface area (Å²) in [5.74, 6) is 0. The average molecular weight is 277 g/mol. The molecule has 0 unspecified atom stereocenters. The molecule has 1 aromatic carbocycles. The predicted molar refractivity (Wildman–Crippen MR) is 85.1 cm³/mol. The van der Waals surface area contributed by atoms with Gasteiger partial charge in [-0.05, 0) is 44.1 Å². The van der Waals surface area contributed by atoms with Gasteiger partial charge in [-0.25, -0.2) is 5.43 Å². The van der Waals surface area contributed by atoms with E-state index in [-0.39, 0.29) is 5.66 Å². The summed E-state index contributed by atoms with van der Waals surface area (Å²) >= 11 is 5.48. The van der Waals surface area contributed by atoms with Crippen molar-refractivity contribution in [3.63, 3.8) is 0 Å². The highest BCUT2D eigenvalue weighted by atomic mass is 32.1. The third-order valence-corrected chi connectivity index (χ3v) is 3.81. The maximum atomic E-state index is 5.48. The van der Waals surface area contributed by atoms with Crippen LogP contribution in [-0.4, -0.2) is 10.8 Å². The van der Waals surface area contributed by atoms with Crippen LogP contribution in [0.3, 0.4) is 0 Å². The molecular weight excluding hydrogens is 254 g/mol. The number of anilines is 1. The number of hydrogen-bond acceptors (Lipinski definition) is 2. The Labute approximate surface area is 121 Å². The molecule has 0 amide bonds. The van der Waals surface area contributed by atoms with Crippen molar-refractivity contribution in [3.8, 4) is 0 Å². The number of hydrogen-bond donors (Lipinski definition) is 2. The fourth-order valence-corrected chi connectivity index (χ4v) is 2.99. The van der Waals surface area contributed by atoms with Gasteiger partial charge in [-0.15, -0.1) is 0 Å². The second kappa shape index (κ2) is 5.88. The van der Waals surface area contributed by atoms with E-state index in [4.69, 9.17) is 12.2 Å². The minimum absolute atomic E-state index is 0.0779. The van der Waals surface area contributed by atoms with Gasteiger partial charge in [0, 0.05) is 0 Å². The highest BCUT2D eigenvalue weighted by Gasteiger charge is 2.38. The van der Waals surface area contributed by atoms with Gasteiger partial charge < -0.3 is 5.32 Å². The monoisotopic (exact) mass is 277 g/mol. The minimum Gasteiger partial charge on any atom is -0.342 e. The molecule has 0 atom stereocenters. The van der Waals surface area contributed by atoms with E-state index in [2.05, 4.69) is 55.8 Å². The Balaban J connectivity index is 2.20. The molecule has 1 fully saturated rings. The van der Waals surface area contributed by atoms with Crippen molar-refractivity contribution in [1.29, 1.82) is 0 Å². The van der Waals surface area contributed by atoms with Gasteiger partial charge in [0.1, 0.15) is 5.66 Å². The van der Waals surface area contributed by atoms with E-state index < -0.39 is 0 Å². The molecule has 0 saturated carbocycles. The van der Waals surface area contributed by atoms with Crippen LogP contribution in [-0.2, 0) is 0 Å². The average Bonchev–Trinajstić information content (AvgIpc) is 2.68. The Morgan fingerprint density at radius 1 is 1.11 bits per heavy atom. The zero-order valence-corrected chi connectivity index (χ0v) is 12.8. The molecule has 1 aliphatic rings. The third kappa shape index (κ3) is 3.07. The molecule has 0 spiro atoms. The first kappa shape index (κ1) is 14.3. The number of benzene rings is 1. The Bertz CT molecular complexity index is 435. The Morgan fingerprint density at radius 2 is 1.68 bits per heavy atom. The SMILES string of the molecule is CCCC1(CCC)NC(=S)N(c2ccc(C)cc2)N1. The van der Waals surface area contributed by atoms with Gasteiger partial charge in [0.15, 0.2) is 5.11 Å². The van der Waals surface area contributed by atoms with Crippen molar-refractivity contribution in [3.05, 3.63) is 29.8 Å². The predicted octanol–water partition coefficient (Wildman–Crippen LogP) is 3.49. The molecule has 1 aromatic rings. The van der Waals surface area contributed by atoms with Crippen molar-refractivity contribution >= 4 is 23.0 Å². The topological polar surface area (TPSA) is 27.3 Å². The maximum Gasteiger partial charge on any atom is 0.189 e. The molecular formula is C15H23N3S. The standard InChI is InChI=1S/C15H23N3S/c1-4-10-15(11-5-2)16-14(19)18(17-15)13-8-6-12(3)7-9-13/h6-9,17H,4-5,10-11H2,1-3H3,(H,16,19). The molecule has 0 radical (unpaired) electrons. The van der Waals surface area contributed by atoms with Crippen molar-refractivity contribution < 1.29 is 0 Å². The third-order valence-electron chi connectivity index (χ3n) is 3.52. The number of thiocarbonyl (C=S) groups is 1. The van der Waals surface area contributed by atoms with Crippen LogP contribution in [0.4, 0.5) is 5.69 Å². The van der Waals surface area contributed by atoms with E-state index in [1.807, 2.05) is 5.01 Å². The Hall–Kier alpha value is -1.13. The summed E-state index contributed by atoms with van der Waals surface area (Å²) in [6.07, 6.45) is 4.40. The number of aryl methyl sites for hydroxylation is 1. The molecule has 3 nitrogen and oxygen atoms in total. The summed E-state index contributed by atoms with van der Waals surface area (Å²) in [7, 11) is 0. The van der Waals surface area contributed by atoms with E-state index in [1.165, 1.54) is 5.56 Å². The molecule has 1 saturated heterocycles. The van der Waals surface area contributed by atoms with Gasteiger partial charge in [-0.2, -0.15) is 0 Å². The van der Waals surface area contributed by atoms with Gasteiger partial charge in [0.2, 0.25) is 0 Å². The molecule has 104 valence electrons. The van der Waals surface area contributed by atoms with E-state index >= 15 is 0 Å². The number of nitrogens with one attached hydrogen (secondary N) is 2. The van der Waals surface area contributed by atoms with Crippen LogP contribution in [0.1, 0.15) is 45.1 Å². The summed E-state index contributed by atoms with van der Waals surface area (Å²) in [5, 5.41) is 6.25. The molecule has 2 rings (SSSR count). The van der Waals surface area contributed by atoms with E-state index in [0.29, 0.717) is 0 Å². The summed E-state index contributed by atoms with van der Waals surface area (Å²) in [6, 6.07) is 8.42. The summed E-state index contributed by atoms with van der Waals surface area (Å²) < 4.78 is 0. The van der Waals surface area contributed by atoms with E-state index in [0.717, 1.165) is 36.5 Å². The fourth-order valence-electron chi connectivity index (χ4n) is 2.64. The number of hydrazine groups is 1. The molecule has 1 aliphatic heterocycles. The lowest BCUT2D eigenvalue weighted by molar-refractivity contribution is 0.286. The minimum atomic E-state index is -0.0779. The lowest BCUT2D eigenvalue weighted by Crippen LogP contribution is -2.51. The van der Waals surface area contributed by atoms with Crippen LogP contribution in [0.15, 0.2) is 24.3 Å². The van der Waals surface area contributed by atoms with Gasteiger partial charge in [0.25, 0.3) is 0 Å². The van der Waals surface area contributed by atoms with E-state index in [9.17, 15) is 0 Å². The highest BCUT2D eigenvalue weighted by molar-refractivity contribution is 7.80. The highest BCUT2D eigenvalue weighted by Crippen LogP contribution is 2.26. The zero-order chi connectivity index (χ0) is 13.9. The molecule has 0 bridgehead atoms. The Kier molecular flexibility index (Phi) is 4.42. The van der Waals surface area contributed by atoms with Crippen molar-refractivity contribution in [2.24, 2.45) is 0 Å². The smallest absolute Gasteiger partial charge is 0.189 e. The second-order valence-electron chi connectivity index (χ2n) is 5.30. The summed E-state index contributed by atoms with van der Waals surface area (Å²) in [6.45, 7) is 6.51. The van der Waals surface area contributed by atoms with Gasteiger partial charge in [-0.1, -0.05) is 44.4 Å². The summed E-state index contributed by atoms with van der Waals surface area (Å²) in [4.78, 5) is 0. The first-order valence-electron chi connectivity index (χ1n) is 7.07. The van der Waals surface area contributed by atoms with Gasteiger partial charge in [-0.3, -0.25) is 5.01 Å². The van der Waals surface area contributed by atoms with Crippen molar-refractivity contribution in [1.82, 2.24) is 10.7 Å². The first-order valence-corrected chi connectivity index (χ1v) is 7.48. The second-order valence-corrected chi connectivity index (χ2v) is 5.68. The molecule has 0 aromatic heterocycles. The molecule has 0 aliphatic carbocycles. The number of nitrogens with zero attached hydrogens (tertiary/aromatic N) is 1. The summed E-state index contributed by atoms with van der Waals surface area (Å²) in [5.41, 5.74) is 5.85. The van der Waals surface area contributed by atoms with Crippen LogP contribution >= 0.6 is 12.2 Å². The van der Waals surface area contributed by atoms with Crippen LogP contribution in [0.25, 0.3) is 0 Å². The zero-order valence-electron chi connectivity index (χ0n) is 12.0. The van der Waals surface area contributed by atoms with Crippen LogP contribution in [0, 0.1) is 6.92 Å². The molecule has 1 heterocycles. The molecule has 19 heavy (non-hydrogen) atoms. The molecule has 2 N–H and O–H groups in total. The largest absolute Gasteiger partial charge is 0.342 e. The molecule has 4 heteroatoms. The van der Waals surface area contributed by atoms with Gasteiger partial charge >= 0.3 is 0 Å². The fraction of sp³-hybridized carbons (Fsp3) is 0.533. The van der Waals surface area contributed by atoms with Crippen LogP contribution in [0.5, 0.6) is 0 Å². The van der Waals surface area contributed by atoms with Crippen LogP contribution in [0.2, 0.25) is 0 Å². The lowest BCUT2D eigenvalue weighted by Gasteiger charge is -2.29. The van der Waals surface area contributed by atoms with Crippen molar-refractivity contribution in [2.45, 2.75) is 52.1 Å². The van der Waals surface area contributed by atoms with Gasteiger partial charge in [0.05, 0.1) is 5.69 Å². The van der Waals surface area contributed by atoms with Crippen molar-refractivity contribution in [2.75, 3.05) is 5.01 Å². The lowest BCUT2D eigenvalue weighted by atomic mass is 10.00. The number of rotatable bonds is 5. The van der Waals surface area contributed by atoms with E-state index in [1.54, 1.807) is 0 Å². The normalized spacial score (nSPS) is 17.6. The Morgan fingerprint density at radius 3 is 2.21 bits per heavy atom. The van der Waals surface area contributed by atoms with Crippen LogP contribution < -0.4 is 15.8 Å². The first-order chi connectivity index (χ1) is 9.10.